The van der Waals surface area contributed by atoms with Gasteiger partial charge in [-0.2, -0.15) is 0 Å². The third kappa shape index (κ3) is 2.40. The van der Waals surface area contributed by atoms with E-state index in [2.05, 4.69) is 29.0 Å². The average Bonchev–Trinajstić information content (AvgIpc) is 2.31. The standard InChI is InChI=1S/C13H14N2/c1-2-13-12(6-4-8-15-13)9-11-5-3-7-14-10-11/h3-8,10H,2,9H2,1H3. The lowest BCUT2D eigenvalue weighted by atomic mass is 10.0. The van der Waals surface area contributed by atoms with Gasteiger partial charge in [-0.3, -0.25) is 9.97 Å². The van der Waals surface area contributed by atoms with Crippen LogP contribution < -0.4 is 0 Å². The Hall–Kier alpha value is -1.70. The first-order valence-corrected chi connectivity index (χ1v) is 5.22. The normalized spacial score (nSPS) is 10.2. The van der Waals surface area contributed by atoms with E-state index in [-0.39, 0.29) is 0 Å². The van der Waals surface area contributed by atoms with Gasteiger partial charge in [0.25, 0.3) is 0 Å². The summed E-state index contributed by atoms with van der Waals surface area (Å²) in [5.41, 5.74) is 3.72. The molecule has 2 aromatic heterocycles. The van der Waals surface area contributed by atoms with Crippen LogP contribution in [0.2, 0.25) is 0 Å². The average molecular weight is 198 g/mol. The van der Waals surface area contributed by atoms with Gasteiger partial charge in [-0.15, -0.1) is 0 Å². The molecule has 0 spiro atoms. The lowest BCUT2D eigenvalue weighted by molar-refractivity contribution is 0.975. The molecule has 0 fully saturated rings. The Morgan fingerprint density at radius 1 is 1.13 bits per heavy atom. The van der Waals surface area contributed by atoms with Crippen molar-refractivity contribution in [1.29, 1.82) is 0 Å². The molecule has 0 amide bonds. The molecule has 0 atom stereocenters. The molecule has 76 valence electrons. The van der Waals surface area contributed by atoms with Gasteiger partial charge in [0.1, 0.15) is 0 Å². The van der Waals surface area contributed by atoms with Crippen LogP contribution in [0, 0.1) is 0 Å². The Labute approximate surface area is 90.0 Å². The maximum atomic E-state index is 4.37. The highest BCUT2D eigenvalue weighted by molar-refractivity contribution is 5.26. The summed E-state index contributed by atoms with van der Waals surface area (Å²) in [6, 6.07) is 8.19. The van der Waals surface area contributed by atoms with Crippen LogP contribution in [0.3, 0.4) is 0 Å². The highest BCUT2D eigenvalue weighted by Crippen LogP contribution is 2.11. The number of aryl methyl sites for hydroxylation is 1. The molecule has 2 nitrogen and oxygen atoms in total. The molecule has 0 N–H and O–H groups in total. The minimum absolute atomic E-state index is 0.921. The second kappa shape index (κ2) is 4.69. The summed E-state index contributed by atoms with van der Waals surface area (Å²) in [4.78, 5) is 8.49. The van der Waals surface area contributed by atoms with Crippen molar-refractivity contribution in [3.63, 3.8) is 0 Å². The molecule has 2 rings (SSSR count). The van der Waals surface area contributed by atoms with Crippen LogP contribution in [0.25, 0.3) is 0 Å². The highest BCUT2D eigenvalue weighted by Gasteiger charge is 2.01. The lowest BCUT2D eigenvalue weighted by Gasteiger charge is -2.05. The maximum Gasteiger partial charge on any atom is 0.0436 e. The summed E-state index contributed by atoms with van der Waals surface area (Å²) in [5, 5.41) is 0. The quantitative estimate of drug-likeness (QED) is 0.757. The molecule has 0 radical (unpaired) electrons. The first-order valence-electron chi connectivity index (χ1n) is 5.22. The molecule has 15 heavy (non-hydrogen) atoms. The maximum absolute atomic E-state index is 4.37. The molecule has 2 aromatic rings. The number of pyridine rings is 2. The van der Waals surface area contributed by atoms with Crippen molar-refractivity contribution in [3.8, 4) is 0 Å². The third-order valence-corrected chi connectivity index (χ3v) is 2.44. The molecule has 0 aromatic carbocycles. The van der Waals surface area contributed by atoms with Gasteiger partial charge in [0.05, 0.1) is 0 Å². The van der Waals surface area contributed by atoms with Gasteiger partial charge in [-0.25, -0.2) is 0 Å². The van der Waals surface area contributed by atoms with Gasteiger partial charge in [-0.05, 0) is 29.7 Å². The van der Waals surface area contributed by atoms with E-state index < -0.39 is 0 Å². The van der Waals surface area contributed by atoms with Crippen molar-refractivity contribution in [2.24, 2.45) is 0 Å². The number of rotatable bonds is 3. The van der Waals surface area contributed by atoms with Crippen molar-refractivity contribution in [2.45, 2.75) is 19.8 Å². The Bertz CT molecular complexity index is 424. The molecule has 2 heteroatoms. The van der Waals surface area contributed by atoms with Crippen LogP contribution in [-0.2, 0) is 12.8 Å². The summed E-state index contributed by atoms with van der Waals surface area (Å²) in [7, 11) is 0. The Balaban J connectivity index is 2.24. The lowest BCUT2D eigenvalue weighted by Crippen LogP contribution is -1.97. The van der Waals surface area contributed by atoms with E-state index >= 15 is 0 Å². The Morgan fingerprint density at radius 3 is 2.73 bits per heavy atom. The summed E-state index contributed by atoms with van der Waals surface area (Å²) >= 11 is 0. The molecule has 0 unspecified atom stereocenters. The smallest absolute Gasteiger partial charge is 0.0436 e. The molecule has 0 bridgehead atoms. The van der Waals surface area contributed by atoms with E-state index in [1.807, 2.05) is 24.5 Å². The van der Waals surface area contributed by atoms with Crippen LogP contribution in [0.1, 0.15) is 23.7 Å². The van der Waals surface area contributed by atoms with Gasteiger partial charge in [0.15, 0.2) is 0 Å². The second-order valence-corrected chi connectivity index (χ2v) is 3.50. The molecule has 0 aliphatic heterocycles. The van der Waals surface area contributed by atoms with Gasteiger partial charge >= 0.3 is 0 Å². The Kier molecular flexibility index (Phi) is 3.08. The Morgan fingerprint density at radius 2 is 2.00 bits per heavy atom. The summed E-state index contributed by atoms with van der Waals surface area (Å²) in [6.07, 6.45) is 7.47. The van der Waals surface area contributed by atoms with Crippen LogP contribution in [0.4, 0.5) is 0 Å². The van der Waals surface area contributed by atoms with Crippen LogP contribution >= 0.6 is 0 Å². The minimum Gasteiger partial charge on any atom is -0.264 e. The third-order valence-electron chi connectivity index (χ3n) is 2.44. The number of nitrogens with zero attached hydrogens (tertiary/aromatic N) is 2. The fraction of sp³-hybridized carbons (Fsp3) is 0.231. The van der Waals surface area contributed by atoms with E-state index in [0.29, 0.717) is 0 Å². The zero-order valence-corrected chi connectivity index (χ0v) is 8.85. The SMILES string of the molecule is CCc1ncccc1Cc1cccnc1. The number of aromatic nitrogens is 2. The highest BCUT2D eigenvalue weighted by atomic mass is 14.7. The first-order chi connectivity index (χ1) is 7.40. The summed E-state index contributed by atoms with van der Waals surface area (Å²) < 4.78 is 0. The summed E-state index contributed by atoms with van der Waals surface area (Å²) in [5.74, 6) is 0. The van der Waals surface area contributed by atoms with Crippen molar-refractivity contribution >= 4 is 0 Å². The van der Waals surface area contributed by atoms with Crippen molar-refractivity contribution < 1.29 is 0 Å². The van der Waals surface area contributed by atoms with Gasteiger partial charge in [0.2, 0.25) is 0 Å². The monoisotopic (exact) mass is 198 g/mol. The number of hydrogen-bond acceptors (Lipinski definition) is 2. The molecule has 0 aliphatic carbocycles. The van der Waals surface area contributed by atoms with E-state index in [1.54, 1.807) is 6.20 Å². The van der Waals surface area contributed by atoms with Crippen LogP contribution in [0.5, 0.6) is 0 Å². The molecular weight excluding hydrogens is 184 g/mol. The predicted octanol–water partition coefficient (Wildman–Crippen LogP) is 2.63. The van der Waals surface area contributed by atoms with Gasteiger partial charge < -0.3 is 0 Å². The van der Waals surface area contributed by atoms with Crippen molar-refractivity contribution in [1.82, 2.24) is 9.97 Å². The molecular formula is C13H14N2. The second-order valence-electron chi connectivity index (χ2n) is 3.50. The molecule has 0 saturated heterocycles. The molecule has 0 saturated carbocycles. The summed E-state index contributed by atoms with van der Waals surface area (Å²) in [6.45, 7) is 2.13. The number of hydrogen-bond donors (Lipinski definition) is 0. The molecule has 0 aliphatic rings. The van der Waals surface area contributed by atoms with Crippen LogP contribution in [0.15, 0.2) is 42.9 Å². The largest absolute Gasteiger partial charge is 0.264 e. The molecule has 2 heterocycles. The van der Waals surface area contributed by atoms with E-state index in [4.69, 9.17) is 0 Å². The van der Waals surface area contributed by atoms with E-state index in [1.165, 1.54) is 16.8 Å². The van der Waals surface area contributed by atoms with E-state index in [9.17, 15) is 0 Å². The van der Waals surface area contributed by atoms with Gasteiger partial charge in [0, 0.05) is 30.7 Å². The fourth-order valence-corrected chi connectivity index (χ4v) is 1.67. The minimum atomic E-state index is 0.921. The van der Waals surface area contributed by atoms with E-state index in [0.717, 1.165) is 12.8 Å². The van der Waals surface area contributed by atoms with Gasteiger partial charge in [-0.1, -0.05) is 19.1 Å². The predicted molar refractivity (Wildman–Crippen MR) is 60.7 cm³/mol. The fourth-order valence-electron chi connectivity index (χ4n) is 1.67. The first kappa shape index (κ1) is 9.84. The van der Waals surface area contributed by atoms with Crippen molar-refractivity contribution in [2.75, 3.05) is 0 Å². The van der Waals surface area contributed by atoms with Crippen molar-refractivity contribution in [3.05, 3.63) is 59.7 Å². The topological polar surface area (TPSA) is 25.8 Å². The zero-order chi connectivity index (χ0) is 10.5. The zero-order valence-electron chi connectivity index (χ0n) is 8.85. The van der Waals surface area contributed by atoms with Crippen LogP contribution in [-0.4, -0.2) is 9.97 Å².